The van der Waals surface area contributed by atoms with Gasteiger partial charge in [0.1, 0.15) is 18.4 Å². The second-order valence-corrected chi connectivity index (χ2v) is 8.39. The summed E-state index contributed by atoms with van der Waals surface area (Å²) in [5.74, 6) is 0.973. The van der Waals surface area contributed by atoms with Crippen LogP contribution in [0, 0.1) is 0 Å². The fourth-order valence-electron chi connectivity index (χ4n) is 3.86. The Labute approximate surface area is 174 Å². The monoisotopic (exact) mass is 420 g/mol. The lowest BCUT2D eigenvalue weighted by Gasteiger charge is -2.37. The zero-order valence-electron chi connectivity index (χ0n) is 15.8. The van der Waals surface area contributed by atoms with Crippen molar-refractivity contribution < 1.29 is 9.53 Å². The summed E-state index contributed by atoms with van der Waals surface area (Å²) < 4.78 is 5.78. The summed E-state index contributed by atoms with van der Waals surface area (Å²) >= 11 is 7.73. The molecule has 3 heterocycles. The van der Waals surface area contributed by atoms with Gasteiger partial charge in [-0.25, -0.2) is 4.98 Å². The molecule has 2 saturated heterocycles. The number of piperazine rings is 1. The number of hydrogen-bond acceptors (Lipinski definition) is 6. The lowest BCUT2D eigenvalue weighted by atomic mass is 10.1. The molecule has 2 aliphatic heterocycles. The minimum absolute atomic E-state index is 0.0544. The van der Waals surface area contributed by atoms with E-state index in [9.17, 15) is 4.79 Å². The number of rotatable bonds is 6. The number of benzene rings is 1. The molecule has 1 atom stereocenters. The molecule has 28 heavy (non-hydrogen) atoms. The molecule has 0 spiro atoms. The first kappa shape index (κ1) is 19.5. The highest BCUT2D eigenvalue weighted by Crippen LogP contribution is 2.28. The van der Waals surface area contributed by atoms with Crippen LogP contribution in [0.4, 0.5) is 5.13 Å². The second-order valence-electron chi connectivity index (χ2n) is 7.11. The summed E-state index contributed by atoms with van der Waals surface area (Å²) in [6.45, 7) is 5.65. The van der Waals surface area contributed by atoms with Crippen molar-refractivity contribution in [2.24, 2.45) is 0 Å². The molecule has 1 aromatic carbocycles. The Balaban J connectivity index is 1.24. The molecule has 8 heteroatoms. The first-order chi connectivity index (χ1) is 13.7. The Kier molecular flexibility index (Phi) is 6.34. The van der Waals surface area contributed by atoms with Gasteiger partial charge in [-0.3, -0.25) is 9.69 Å². The third kappa shape index (κ3) is 4.42. The van der Waals surface area contributed by atoms with Gasteiger partial charge in [0.05, 0.1) is 5.02 Å². The minimum atomic E-state index is -0.0544. The molecular weight excluding hydrogens is 396 g/mol. The van der Waals surface area contributed by atoms with Crippen LogP contribution in [0.2, 0.25) is 5.02 Å². The molecule has 6 nitrogen and oxygen atoms in total. The van der Waals surface area contributed by atoms with Crippen molar-refractivity contribution in [2.75, 3.05) is 50.8 Å². The Morgan fingerprint density at radius 1 is 1.21 bits per heavy atom. The molecule has 0 radical (unpaired) electrons. The van der Waals surface area contributed by atoms with Gasteiger partial charge in [-0.15, -0.1) is 11.3 Å². The number of halogens is 1. The third-order valence-corrected chi connectivity index (χ3v) is 6.51. The van der Waals surface area contributed by atoms with E-state index in [4.69, 9.17) is 16.3 Å². The van der Waals surface area contributed by atoms with E-state index in [2.05, 4.69) is 14.8 Å². The van der Waals surface area contributed by atoms with E-state index >= 15 is 0 Å². The Bertz CT molecular complexity index is 780. The van der Waals surface area contributed by atoms with Crippen LogP contribution in [0.3, 0.4) is 0 Å². The number of anilines is 1. The minimum Gasteiger partial charge on any atom is -0.491 e. The van der Waals surface area contributed by atoms with Crippen molar-refractivity contribution in [3.63, 3.8) is 0 Å². The van der Waals surface area contributed by atoms with Gasteiger partial charge in [-0.05, 0) is 25.0 Å². The molecule has 1 unspecified atom stereocenters. The van der Waals surface area contributed by atoms with Gasteiger partial charge in [0.15, 0.2) is 5.13 Å². The van der Waals surface area contributed by atoms with E-state index < -0.39 is 0 Å². The standard InChI is InChI=1S/C20H25ClN4O2S/c21-16-4-1-2-6-18(16)27-14-13-23-9-11-24(12-10-23)19(26)17-5-3-8-25(17)20-22-7-15-28-20/h1-2,4,6-7,15,17H,3,5,8-14H2. The molecule has 150 valence electrons. The van der Waals surface area contributed by atoms with Crippen LogP contribution in [0.5, 0.6) is 5.75 Å². The van der Waals surface area contributed by atoms with E-state index in [-0.39, 0.29) is 11.9 Å². The second kappa shape index (κ2) is 9.11. The van der Waals surface area contributed by atoms with E-state index in [0.29, 0.717) is 11.6 Å². The molecule has 0 aliphatic carbocycles. The van der Waals surface area contributed by atoms with Gasteiger partial charge < -0.3 is 14.5 Å². The Morgan fingerprint density at radius 2 is 2.04 bits per heavy atom. The van der Waals surface area contributed by atoms with Gasteiger partial charge in [0.2, 0.25) is 5.91 Å². The van der Waals surface area contributed by atoms with Crippen LogP contribution in [0.15, 0.2) is 35.8 Å². The number of thiazole rings is 1. The molecule has 2 aliphatic rings. The van der Waals surface area contributed by atoms with E-state index in [1.165, 1.54) is 0 Å². The molecule has 4 rings (SSSR count). The summed E-state index contributed by atoms with van der Waals surface area (Å²) in [7, 11) is 0. The molecule has 0 bridgehead atoms. The Morgan fingerprint density at radius 3 is 2.79 bits per heavy atom. The quantitative estimate of drug-likeness (QED) is 0.719. The Hall–Kier alpha value is -1.83. The van der Waals surface area contributed by atoms with Gasteiger partial charge in [-0.2, -0.15) is 0 Å². The summed E-state index contributed by atoms with van der Waals surface area (Å²) in [6, 6.07) is 7.48. The van der Waals surface area contributed by atoms with Gasteiger partial charge in [0, 0.05) is 50.8 Å². The van der Waals surface area contributed by atoms with Crippen molar-refractivity contribution in [3.8, 4) is 5.75 Å². The van der Waals surface area contributed by atoms with Crippen molar-refractivity contribution in [1.82, 2.24) is 14.8 Å². The van der Waals surface area contributed by atoms with Crippen molar-refractivity contribution in [3.05, 3.63) is 40.9 Å². The van der Waals surface area contributed by atoms with Crippen LogP contribution >= 0.6 is 22.9 Å². The van der Waals surface area contributed by atoms with Crippen molar-refractivity contribution >= 4 is 34.0 Å². The maximum absolute atomic E-state index is 13.1. The summed E-state index contributed by atoms with van der Waals surface area (Å²) in [4.78, 5) is 24.0. The van der Waals surface area contributed by atoms with E-state index in [1.54, 1.807) is 11.3 Å². The first-order valence-electron chi connectivity index (χ1n) is 9.77. The smallest absolute Gasteiger partial charge is 0.245 e. The predicted molar refractivity (Wildman–Crippen MR) is 112 cm³/mol. The lowest BCUT2D eigenvalue weighted by molar-refractivity contribution is -0.134. The van der Waals surface area contributed by atoms with Crippen LogP contribution < -0.4 is 9.64 Å². The molecule has 1 aromatic heterocycles. The maximum Gasteiger partial charge on any atom is 0.245 e. The number of carbonyl (C=O) groups excluding carboxylic acids is 1. The highest BCUT2D eigenvalue weighted by Gasteiger charge is 2.35. The van der Waals surface area contributed by atoms with Crippen LogP contribution in [0.25, 0.3) is 0 Å². The number of ether oxygens (including phenoxy) is 1. The van der Waals surface area contributed by atoms with Gasteiger partial charge in [-0.1, -0.05) is 23.7 Å². The molecule has 0 saturated carbocycles. The zero-order chi connectivity index (χ0) is 19.3. The molecular formula is C20H25ClN4O2S. The van der Waals surface area contributed by atoms with Crippen LogP contribution in [-0.4, -0.2) is 72.6 Å². The zero-order valence-corrected chi connectivity index (χ0v) is 17.4. The first-order valence-corrected chi connectivity index (χ1v) is 11.0. The molecule has 2 fully saturated rings. The van der Waals surface area contributed by atoms with Crippen molar-refractivity contribution in [2.45, 2.75) is 18.9 Å². The maximum atomic E-state index is 13.1. The average molecular weight is 421 g/mol. The fourth-order valence-corrected chi connectivity index (χ4v) is 4.77. The number of nitrogens with zero attached hydrogens (tertiary/aromatic N) is 4. The number of para-hydroxylation sites is 1. The van der Waals surface area contributed by atoms with Crippen molar-refractivity contribution in [1.29, 1.82) is 0 Å². The number of carbonyl (C=O) groups is 1. The molecule has 2 aromatic rings. The highest BCUT2D eigenvalue weighted by molar-refractivity contribution is 7.13. The summed E-state index contributed by atoms with van der Waals surface area (Å²) in [5.41, 5.74) is 0. The summed E-state index contributed by atoms with van der Waals surface area (Å²) in [5, 5.41) is 3.57. The molecule has 1 amide bonds. The normalized spacial score (nSPS) is 20.5. The van der Waals surface area contributed by atoms with Crippen LogP contribution in [-0.2, 0) is 4.79 Å². The highest BCUT2D eigenvalue weighted by atomic mass is 35.5. The number of amides is 1. The predicted octanol–water partition coefficient (Wildman–Crippen LogP) is 2.99. The van der Waals surface area contributed by atoms with E-state index in [1.807, 2.05) is 40.7 Å². The topological polar surface area (TPSA) is 48.9 Å². The SMILES string of the molecule is O=C(C1CCCN1c1nccs1)N1CCN(CCOc2ccccc2Cl)CC1. The van der Waals surface area contributed by atoms with Gasteiger partial charge in [0.25, 0.3) is 0 Å². The van der Waals surface area contributed by atoms with Crippen LogP contribution in [0.1, 0.15) is 12.8 Å². The fraction of sp³-hybridized carbons (Fsp3) is 0.500. The number of aromatic nitrogens is 1. The summed E-state index contributed by atoms with van der Waals surface area (Å²) in [6.07, 6.45) is 3.78. The largest absolute Gasteiger partial charge is 0.491 e. The molecule has 0 N–H and O–H groups in total. The lowest BCUT2D eigenvalue weighted by Crippen LogP contribution is -2.54. The van der Waals surface area contributed by atoms with E-state index in [0.717, 1.165) is 63.0 Å². The average Bonchev–Trinajstić information content (AvgIpc) is 3.41. The number of hydrogen-bond donors (Lipinski definition) is 0. The third-order valence-electron chi connectivity index (χ3n) is 5.39. The van der Waals surface area contributed by atoms with Gasteiger partial charge >= 0.3 is 0 Å².